The molecule has 0 saturated carbocycles. The first-order chi connectivity index (χ1) is 7.70. The third-order valence-electron chi connectivity index (χ3n) is 2.43. The van der Waals surface area contributed by atoms with Gasteiger partial charge in [0, 0.05) is 9.58 Å². The van der Waals surface area contributed by atoms with E-state index in [4.69, 9.17) is 5.84 Å². The summed E-state index contributed by atoms with van der Waals surface area (Å²) in [5, 5.41) is 1.28. The number of hydrogen-bond acceptors (Lipinski definition) is 3. The highest BCUT2D eigenvalue weighted by atomic mass is 32.1. The highest BCUT2D eigenvalue weighted by Gasteiger charge is 2.09. The second-order valence-corrected chi connectivity index (χ2v) is 5.19. The second-order valence-electron chi connectivity index (χ2n) is 4.07. The lowest BCUT2D eigenvalue weighted by atomic mass is 10.1. The van der Waals surface area contributed by atoms with E-state index in [1.807, 2.05) is 0 Å². The molecule has 1 aromatic heterocycles. The third kappa shape index (κ3) is 2.32. The minimum atomic E-state index is 0.113. The predicted octanol–water partition coefficient (Wildman–Crippen LogP) is 3.37. The number of rotatable bonds is 3. The molecule has 16 heavy (non-hydrogen) atoms. The van der Waals surface area contributed by atoms with Crippen molar-refractivity contribution >= 4 is 21.4 Å². The summed E-state index contributed by atoms with van der Waals surface area (Å²) in [5.74, 6) is 5.59. The largest absolute Gasteiger partial charge is 0.271 e. The van der Waals surface area contributed by atoms with Crippen LogP contribution in [0.4, 0.5) is 0 Å². The lowest BCUT2D eigenvalue weighted by molar-refractivity contribution is 0.662. The molecule has 1 atom stereocenters. The van der Waals surface area contributed by atoms with Crippen LogP contribution in [0.2, 0.25) is 0 Å². The van der Waals surface area contributed by atoms with Crippen molar-refractivity contribution in [1.82, 2.24) is 5.43 Å². The maximum Gasteiger partial charge on any atom is 0.0736 e. The molecule has 2 nitrogen and oxygen atoms in total. The summed E-state index contributed by atoms with van der Waals surface area (Å²) in [4.78, 5) is 1.25. The van der Waals surface area contributed by atoms with Gasteiger partial charge in [-0.3, -0.25) is 5.84 Å². The van der Waals surface area contributed by atoms with Crippen molar-refractivity contribution in [3.8, 4) is 0 Å². The van der Waals surface area contributed by atoms with Gasteiger partial charge in [-0.25, -0.2) is 5.43 Å². The van der Waals surface area contributed by atoms with Gasteiger partial charge in [-0.2, -0.15) is 0 Å². The van der Waals surface area contributed by atoms with Gasteiger partial charge in [0.15, 0.2) is 0 Å². The van der Waals surface area contributed by atoms with Gasteiger partial charge in [-0.05, 0) is 31.4 Å². The summed E-state index contributed by atoms with van der Waals surface area (Å²) < 4.78 is 1.31. The van der Waals surface area contributed by atoms with Gasteiger partial charge in [-0.15, -0.1) is 11.3 Å². The lowest BCUT2D eigenvalue weighted by Gasteiger charge is -2.09. The van der Waals surface area contributed by atoms with Crippen molar-refractivity contribution in [2.45, 2.75) is 19.9 Å². The van der Waals surface area contributed by atoms with Crippen LogP contribution in [0.15, 0.2) is 42.0 Å². The van der Waals surface area contributed by atoms with Gasteiger partial charge >= 0.3 is 0 Å². The Morgan fingerprint density at radius 1 is 1.38 bits per heavy atom. The predicted molar refractivity (Wildman–Crippen MR) is 71.3 cm³/mol. The van der Waals surface area contributed by atoms with Crippen molar-refractivity contribution in [2.24, 2.45) is 5.84 Å². The fraction of sp³-hybridized carbons (Fsp3) is 0.231. The molecular weight excluding hydrogens is 216 g/mol. The van der Waals surface area contributed by atoms with E-state index in [0.717, 1.165) is 0 Å². The Morgan fingerprint density at radius 3 is 2.75 bits per heavy atom. The van der Waals surface area contributed by atoms with E-state index in [9.17, 15) is 0 Å². The molecule has 0 fully saturated rings. The van der Waals surface area contributed by atoms with Crippen molar-refractivity contribution in [3.05, 3.63) is 46.9 Å². The van der Waals surface area contributed by atoms with E-state index in [2.05, 4.69) is 55.7 Å². The van der Waals surface area contributed by atoms with Gasteiger partial charge in [0.2, 0.25) is 0 Å². The Morgan fingerprint density at radius 2 is 2.12 bits per heavy atom. The van der Waals surface area contributed by atoms with E-state index in [-0.39, 0.29) is 6.04 Å². The maximum atomic E-state index is 5.59. The maximum absolute atomic E-state index is 5.59. The topological polar surface area (TPSA) is 38.0 Å². The number of hydrogen-bond donors (Lipinski definition) is 2. The van der Waals surface area contributed by atoms with Crippen LogP contribution in [0.3, 0.4) is 0 Å². The number of allylic oxidation sites excluding steroid dienone is 1. The van der Waals surface area contributed by atoms with Crippen LogP contribution < -0.4 is 11.3 Å². The van der Waals surface area contributed by atoms with Crippen LogP contribution in [0.5, 0.6) is 0 Å². The molecule has 0 aliphatic carbocycles. The highest BCUT2D eigenvalue weighted by molar-refractivity contribution is 7.19. The average molecular weight is 232 g/mol. The van der Waals surface area contributed by atoms with Gasteiger partial charge in [0.05, 0.1) is 6.04 Å². The van der Waals surface area contributed by atoms with Crippen LogP contribution in [-0.4, -0.2) is 0 Å². The van der Waals surface area contributed by atoms with Crippen molar-refractivity contribution in [1.29, 1.82) is 0 Å². The lowest BCUT2D eigenvalue weighted by Crippen LogP contribution is -2.26. The number of nitrogens with one attached hydrogen (secondary N) is 1. The Kier molecular flexibility index (Phi) is 3.39. The zero-order valence-corrected chi connectivity index (χ0v) is 10.3. The second kappa shape index (κ2) is 4.78. The molecule has 2 rings (SSSR count). The minimum absolute atomic E-state index is 0.113. The Hall–Kier alpha value is -1.16. The summed E-state index contributed by atoms with van der Waals surface area (Å²) in [5.41, 5.74) is 4.11. The van der Waals surface area contributed by atoms with Crippen LogP contribution in [-0.2, 0) is 0 Å². The van der Waals surface area contributed by atoms with E-state index in [1.165, 1.54) is 20.5 Å². The normalized spacial score (nSPS) is 12.7. The molecule has 2 aromatic rings. The Bertz CT molecular complexity index is 476. The summed E-state index contributed by atoms with van der Waals surface area (Å²) in [7, 11) is 0. The molecule has 3 heteroatoms. The van der Waals surface area contributed by atoms with Crippen LogP contribution in [0.25, 0.3) is 10.1 Å². The SMILES string of the molecule is CC(C)=CC(NN)c1cc2ccccc2s1. The first kappa shape index (κ1) is 11.3. The van der Waals surface area contributed by atoms with Crippen LogP contribution >= 0.6 is 11.3 Å². The third-order valence-corrected chi connectivity index (χ3v) is 3.63. The molecule has 0 spiro atoms. The first-order valence-corrected chi connectivity index (χ1v) is 6.12. The number of benzene rings is 1. The molecule has 0 saturated heterocycles. The number of thiophene rings is 1. The van der Waals surface area contributed by atoms with Crippen molar-refractivity contribution < 1.29 is 0 Å². The molecule has 3 N–H and O–H groups in total. The smallest absolute Gasteiger partial charge is 0.0736 e. The van der Waals surface area contributed by atoms with Crippen LogP contribution in [0.1, 0.15) is 24.8 Å². The molecule has 0 bridgehead atoms. The molecule has 1 unspecified atom stereocenters. The summed E-state index contributed by atoms with van der Waals surface area (Å²) >= 11 is 1.78. The molecule has 0 aliphatic rings. The fourth-order valence-corrected chi connectivity index (χ4v) is 2.80. The van der Waals surface area contributed by atoms with Gasteiger partial charge in [-0.1, -0.05) is 29.8 Å². The van der Waals surface area contributed by atoms with Crippen molar-refractivity contribution in [2.75, 3.05) is 0 Å². The molecule has 84 valence electrons. The molecule has 1 heterocycles. The summed E-state index contributed by atoms with van der Waals surface area (Å²) in [6.45, 7) is 4.16. The molecule has 0 radical (unpaired) electrons. The van der Waals surface area contributed by atoms with Gasteiger partial charge in [0.1, 0.15) is 0 Å². The first-order valence-electron chi connectivity index (χ1n) is 5.30. The highest BCUT2D eigenvalue weighted by Crippen LogP contribution is 2.30. The molecule has 0 aliphatic heterocycles. The molecular formula is C13H16N2S. The van der Waals surface area contributed by atoms with E-state index in [1.54, 1.807) is 11.3 Å². The van der Waals surface area contributed by atoms with E-state index < -0.39 is 0 Å². The number of fused-ring (bicyclic) bond motifs is 1. The molecule has 1 aromatic carbocycles. The van der Waals surface area contributed by atoms with Crippen LogP contribution in [0, 0.1) is 0 Å². The Labute approximate surface area is 99.7 Å². The average Bonchev–Trinajstić information content (AvgIpc) is 2.68. The minimum Gasteiger partial charge on any atom is -0.271 e. The zero-order valence-electron chi connectivity index (χ0n) is 9.53. The fourth-order valence-electron chi connectivity index (χ4n) is 1.70. The summed E-state index contributed by atoms with van der Waals surface area (Å²) in [6, 6.07) is 10.7. The van der Waals surface area contributed by atoms with E-state index >= 15 is 0 Å². The zero-order chi connectivity index (χ0) is 11.5. The van der Waals surface area contributed by atoms with Crippen molar-refractivity contribution in [3.63, 3.8) is 0 Å². The molecule has 0 amide bonds. The van der Waals surface area contributed by atoms with E-state index in [0.29, 0.717) is 0 Å². The summed E-state index contributed by atoms with van der Waals surface area (Å²) in [6.07, 6.45) is 2.14. The monoisotopic (exact) mass is 232 g/mol. The van der Waals surface area contributed by atoms with Gasteiger partial charge < -0.3 is 0 Å². The van der Waals surface area contributed by atoms with Gasteiger partial charge in [0.25, 0.3) is 0 Å². The quantitative estimate of drug-likeness (QED) is 0.484. The number of hydrazine groups is 1. The Balaban J connectivity index is 2.42. The number of nitrogens with two attached hydrogens (primary N) is 1. The standard InChI is InChI=1S/C13H16N2S/c1-9(2)7-11(15-14)13-8-10-5-3-4-6-12(10)16-13/h3-8,11,15H,14H2,1-2H3.